The van der Waals surface area contributed by atoms with Crippen LogP contribution in [0.4, 0.5) is 4.79 Å². The molecule has 2 heterocycles. The van der Waals surface area contributed by atoms with Gasteiger partial charge in [-0.3, -0.25) is 19.3 Å². The highest BCUT2D eigenvalue weighted by Crippen LogP contribution is 2.35. The summed E-state index contributed by atoms with van der Waals surface area (Å²) in [4.78, 5) is 40.7. The van der Waals surface area contributed by atoms with E-state index in [0.717, 1.165) is 28.6 Å². The van der Waals surface area contributed by atoms with Crippen molar-refractivity contribution in [1.29, 1.82) is 0 Å². The van der Waals surface area contributed by atoms with E-state index in [0.29, 0.717) is 28.7 Å². The number of carbonyl (C=O) groups is 3. The van der Waals surface area contributed by atoms with Crippen LogP contribution >= 0.6 is 35.0 Å². The third-order valence-corrected chi connectivity index (χ3v) is 6.49. The fraction of sp³-hybridized carbons (Fsp3) is 0.190. The first kappa shape index (κ1) is 20.0. The van der Waals surface area contributed by atoms with Crippen LogP contribution in [0.1, 0.15) is 16.7 Å². The summed E-state index contributed by atoms with van der Waals surface area (Å²) < 4.78 is 0. The molecule has 0 saturated carbocycles. The predicted molar refractivity (Wildman–Crippen MR) is 115 cm³/mol. The number of amides is 3. The van der Waals surface area contributed by atoms with Crippen LogP contribution in [0.5, 0.6) is 0 Å². The zero-order chi connectivity index (χ0) is 20.5. The van der Waals surface area contributed by atoms with Crippen molar-refractivity contribution in [2.45, 2.75) is 13.0 Å². The number of halogens is 2. The van der Waals surface area contributed by atoms with Gasteiger partial charge in [0, 0.05) is 28.7 Å². The van der Waals surface area contributed by atoms with Crippen molar-refractivity contribution in [3.05, 3.63) is 74.1 Å². The van der Waals surface area contributed by atoms with E-state index in [9.17, 15) is 14.4 Å². The molecule has 0 radical (unpaired) electrons. The van der Waals surface area contributed by atoms with Gasteiger partial charge >= 0.3 is 0 Å². The van der Waals surface area contributed by atoms with E-state index < -0.39 is 11.1 Å². The van der Waals surface area contributed by atoms with Gasteiger partial charge in [0.15, 0.2) is 0 Å². The van der Waals surface area contributed by atoms with Crippen molar-refractivity contribution in [3.8, 4) is 0 Å². The Morgan fingerprint density at radius 3 is 2.45 bits per heavy atom. The standard InChI is InChI=1S/C21H16Cl2N2O3S/c22-16-6-3-7-17(23)15(16)10-18-20(27)25(21(28)29-18)12-19(26)24-9-8-13-4-1-2-5-14(13)11-24/h1-7,10H,8-9,11-12H2/b18-10+. The fourth-order valence-corrected chi connectivity index (χ4v) is 4.69. The van der Waals surface area contributed by atoms with E-state index >= 15 is 0 Å². The minimum absolute atomic E-state index is 0.196. The van der Waals surface area contributed by atoms with Crippen molar-refractivity contribution in [2.24, 2.45) is 0 Å². The Balaban J connectivity index is 1.49. The summed E-state index contributed by atoms with van der Waals surface area (Å²) in [5, 5.41) is 0.287. The Hall–Kier alpha value is -2.28. The van der Waals surface area contributed by atoms with Gasteiger partial charge in [0.1, 0.15) is 6.54 Å². The predicted octanol–water partition coefficient (Wildman–Crippen LogP) is 4.61. The first-order chi connectivity index (χ1) is 13.9. The van der Waals surface area contributed by atoms with E-state index in [1.54, 1.807) is 23.1 Å². The molecule has 0 unspecified atom stereocenters. The van der Waals surface area contributed by atoms with Crippen LogP contribution in [-0.4, -0.2) is 39.9 Å². The monoisotopic (exact) mass is 446 g/mol. The largest absolute Gasteiger partial charge is 0.336 e. The number of hydrogen-bond acceptors (Lipinski definition) is 4. The molecule has 148 valence electrons. The number of hydrogen-bond donors (Lipinski definition) is 0. The first-order valence-corrected chi connectivity index (χ1v) is 10.5. The maximum atomic E-state index is 12.7. The molecule has 1 saturated heterocycles. The second kappa shape index (κ2) is 8.22. The normalized spacial score (nSPS) is 17.8. The number of rotatable bonds is 3. The van der Waals surface area contributed by atoms with E-state index in [1.165, 1.54) is 11.6 Å². The molecule has 0 bridgehead atoms. The zero-order valence-corrected chi connectivity index (χ0v) is 17.6. The molecule has 2 aliphatic rings. The van der Waals surface area contributed by atoms with Gasteiger partial charge in [0.05, 0.1) is 4.91 Å². The van der Waals surface area contributed by atoms with E-state index in [-0.39, 0.29) is 17.4 Å². The van der Waals surface area contributed by atoms with Crippen LogP contribution in [0.2, 0.25) is 10.0 Å². The Morgan fingerprint density at radius 1 is 1.03 bits per heavy atom. The summed E-state index contributed by atoms with van der Waals surface area (Å²) in [5.74, 6) is -0.763. The van der Waals surface area contributed by atoms with Gasteiger partial charge in [-0.1, -0.05) is 53.5 Å². The summed E-state index contributed by atoms with van der Waals surface area (Å²) in [6.45, 7) is 0.772. The number of imide groups is 1. The Kier molecular flexibility index (Phi) is 5.67. The van der Waals surface area contributed by atoms with Crippen molar-refractivity contribution in [2.75, 3.05) is 13.1 Å². The lowest BCUT2D eigenvalue weighted by molar-refractivity contribution is -0.136. The molecule has 2 aromatic carbocycles. The van der Waals surface area contributed by atoms with E-state index in [4.69, 9.17) is 23.2 Å². The van der Waals surface area contributed by atoms with Crippen molar-refractivity contribution in [1.82, 2.24) is 9.80 Å². The van der Waals surface area contributed by atoms with Gasteiger partial charge in [-0.15, -0.1) is 0 Å². The SMILES string of the molecule is O=C(CN1C(=O)S/C(=C/c2c(Cl)cccc2Cl)C1=O)N1CCc2ccccc2C1. The van der Waals surface area contributed by atoms with Gasteiger partial charge in [-0.05, 0) is 47.5 Å². The topological polar surface area (TPSA) is 57.7 Å². The Bertz CT molecular complexity index is 1030. The van der Waals surface area contributed by atoms with Crippen molar-refractivity contribution >= 4 is 58.1 Å². The van der Waals surface area contributed by atoms with Crippen LogP contribution in [0.25, 0.3) is 6.08 Å². The molecule has 1 fully saturated rings. The first-order valence-electron chi connectivity index (χ1n) is 8.98. The zero-order valence-electron chi connectivity index (χ0n) is 15.2. The van der Waals surface area contributed by atoms with Gasteiger partial charge in [-0.2, -0.15) is 0 Å². The van der Waals surface area contributed by atoms with Crippen LogP contribution in [0, 0.1) is 0 Å². The summed E-state index contributed by atoms with van der Waals surface area (Å²) in [7, 11) is 0. The van der Waals surface area contributed by atoms with E-state index in [1.807, 2.05) is 18.2 Å². The maximum Gasteiger partial charge on any atom is 0.294 e. The number of thioether (sulfide) groups is 1. The highest BCUT2D eigenvalue weighted by atomic mass is 35.5. The third kappa shape index (κ3) is 4.06. The highest BCUT2D eigenvalue weighted by molar-refractivity contribution is 8.18. The fourth-order valence-electron chi connectivity index (χ4n) is 3.36. The third-order valence-electron chi connectivity index (χ3n) is 4.93. The molecule has 0 aliphatic carbocycles. The summed E-state index contributed by atoms with van der Waals surface area (Å²) in [5.41, 5.74) is 2.79. The molecule has 0 N–H and O–H groups in total. The lowest BCUT2D eigenvalue weighted by Gasteiger charge is -2.29. The molecule has 2 aliphatic heterocycles. The van der Waals surface area contributed by atoms with Crippen molar-refractivity contribution in [3.63, 3.8) is 0 Å². The highest BCUT2D eigenvalue weighted by Gasteiger charge is 2.37. The molecule has 0 atom stereocenters. The Morgan fingerprint density at radius 2 is 1.72 bits per heavy atom. The Labute approximate surface area is 182 Å². The lowest BCUT2D eigenvalue weighted by atomic mass is 10.00. The van der Waals surface area contributed by atoms with Crippen LogP contribution < -0.4 is 0 Å². The average molecular weight is 447 g/mol. The molecule has 0 spiro atoms. The summed E-state index contributed by atoms with van der Waals surface area (Å²) in [6.07, 6.45) is 2.26. The molecule has 8 heteroatoms. The summed E-state index contributed by atoms with van der Waals surface area (Å²) in [6, 6.07) is 13.0. The molecule has 2 aromatic rings. The minimum atomic E-state index is -0.512. The number of nitrogens with zero attached hydrogens (tertiary/aromatic N) is 2. The average Bonchev–Trinajstić information content (AvgIpc) is 2.97. The molecule has 29 heavy (non-hydrogen) atoms. The van der Waals surface area contributed by atoms with Gasteiger partial charge in [0.2, 0.25) is 5.91 Å². The molecule has 3 amide bonds. The smallest absolute Gasteiger partial charge is 0.294 e. The molecule has 0 aromatic heterocycles. The van der Waals surface area contributed by atoms with Gasteiger partial charge in [-0.25, -0.2) is 0 Å². The van der Waals surface area contributed by atoms with E-state index in [2.05, 4.69) is 6.07 Å². The maximum absolute atomic E-state index is 12.7. The second-order valence-electron chi connectivity index (χ2n) is 6.74. The second-order valence-corrected chi connectivity index (χ2v) is 8.54. The van der Waals surface area contributed by atoms with Crippen LogP contribution in [0.15, 0.2) is 47.4 Å². The molecule has 5 nitrogen and oxygen atoms in total. The number of fused-ring (bicyclic) bond motifs is 1. The van der Waals surface area contributed by atoms with Crippen molar-refractivity contribution < 1.29 is 14.4 Å². The number of carbonyl (C=O) groups excluding carboxylic acids is 3. The molecular weight excluding hydrogens is 431 g/mol. The molecular formula is C21H16Cl2N2O3S. The summed E-state index contributed by atoms with van der Waals surface area (Å²) >= 11 is 13.1. The lowest BCUT2D eigenvalue weighted by Crippen LogP contribution is -2.44. The quantitative estimate of drug-likeness (QED) is 0.645. The van der Waals surface area contributed by atoms with Crippen LogP contribution in [-0.2, 0) is 22.6 Å². The minimum Gasteiger partial charge on any atom is -0.336 e. The van der Waals surface area contributed by atoms with Gasteiger partial charge in [0.25, 0.3) is 11.1 Å². The number of benzene rings is 2. The van der Waals surface area contributed by atoms with Crippen LogP contribution in [0.3, 0.4) is 0 Å². The van der Waals surface area contributed by atoms with Gasteiger partial charge < -0.3 is 4.90 Å². The molecule has 4 rings (SSSR count).